The molecule has 5 heteroatoms. The Balaban J connectivity index is 3.19. The van der Waals surface area contributed by atoms with Crippen LogP contribution in [-0.2, 0) is 11.3 Å². The van der Waals surface area contributed by atoms with Gasteiger partial charge in [-0.15, -0.1) is 0 Å². The van der Waals surface area contributed by atoms with E-state index >= 15 is 0 Å². The van der Waals surface area contributed by atoms with Crippen molar-refractivity contribution in [1.29, 1.82) is 0 Å². The molecule has 0 aliphatic heterocycles. The van der Waals surface area contributed by atoms with Gasteiger partial charge in [-0.05, 0) is 6.07 Å². The van der Waals surface area contributed by atoms with Gasteiger partial charge < -0.3 is 9.84 Å². The number of hydrogen-bond donors (Lipinski definition) is 1. The monoisotopic (exact) mass is 202 g/mol. The summed E-state index contributed by atoms with van der Waals surface area (Å²) in [6.45, 7) is -0.0946. The number of carboxylic acids is 1. The van der Waals surface area contributed by atoms with Gasteiger partial charge in [-0.3, -0.25) is 0 Å². The number of ether oxygens (including phenoxy) is 1. The van der Waals surface area contributed by atoms with Crippen molar-refractivity contribution in [2.24, 2.45) is 0 Å². The lowest BCUT2D eigenvalue weighted by Crippen LogP contribution is -2.05. The Labute approximate surface area is 78.9 Å². The van der Waals surface area contributed by atoms with Crippen LogP contribution in [0.5, 0.6) is 0 Å². The molecule has 0 unspecified atom stereocenters. The normalized spacial score (nSPS) is 10.2. The van der Waals surface area contributed by atoms with Crippen molar-refractivity contribution in [3.8, 4) is 0 Å². The van der Waals surface area contributed by atoms with E-state index in [1.807, 2.05) is 0 Å². The zero-order valence-corrected chi connectivity index (χ0v) is 7.38. The largest absolute Gasteiger partial charge is 0.478 e. The van der Waals surface area contributed by atoms with Gasteiger partial charge in [0.25, 0.3) is 0 Å². The molecule has 0 amide bonds. The van der Waals surface area contributed by atoms with E-state index in [2.05, 4.69) is 4.74 Å². The average molecular weight is 202 g/mol. The van der Waals surface area contributed by atoms with Gasteiger partial charge in [0.1, 0.15) is 0 Å². The smallest absolute Gasteiger partial charge is 0.338 e. The van der Waals surface area contributed by atoms with Crippen LogP contribution in [0, 0.1) is 11.6 Å². The van der Waals surface area contributed by atoms with Gasteiger partial charge in [-0.2, -0.15) is 0 Å². The number of carboxylic acid groups (broad SMARTS) is 1. The minimum Gasteiger partial charge on any atom is -0.478 e. The van der Waals surface area contributed by atoms with E-state index in [0.717, 1.165) is 6.07 Å². The first kappa shape index (κ1) is 10.6. The molecular weight excluding hydrogens is 194 g/mol. The second-order valence-electron chi connectivity index (χ2n) is 2.64. The summed E-state index contributed by atoms with van der Waals surface area (Å²) in [6.07, 6.45) is 0. The number of carbonyl (C=O) groups is 1. The van der Waals surface area contributed by atoms with Crippen LogP contribution < -0.4 is 0 Å². The summed E-state index contributed by atoms with van der Waals surface area (Å²) in [5.74, 6) is -4.02. The van der Waals surface area contributed by atoms with E-state index in [-0.39, 0.29) is 12.2 Å². The van der Waals surface area contributed by atoms with Gasteiger partial charge in [0.15, 0.2) is 11.6 Å². The Bertz CT molecular complexity index is 363. The number of halogens is 2. The van der Waals surface area contributed by atoms with Crippen molar-refractivity contribution in [2.45, 2.75) is 6.61 Å². The molecule has 0 saturated carbocycles. The van der Waals surface area contributed by atoms with E-state index in [9.17, 15) is 13.6 Å². The van der Waals surface area contributed by atoms with Crippen molar-refractivity contribution in [1.82, 2.24) is 0 Å². The fourth-order valence-electron chi connectivity index (χ4n) is 1.02. The maximum absolute atomic E-state index is 13.1. The molecular formula is C9H8F2O3. The fraction of sp³-hybridized carbons (Fsp3) is 0.222. The molecule has 3 nitrogen and oxygen atoms in total. The summed E-state index contributed by atoms with van der Waals surface area (Å²) >= 11 is 0. The predicted octanol–water partition coefficient (Wildman–Crippen LogP) is 1.81. The van der Waals surface area contributed by atoms with Crippen molar-refractivity contribution < 1.29 is 23.4 Å². The van der Waals surface area contributed by atoms with Gasteiger partial charge in [-0.25, -0.2) is 13.6 Å². The average Bonchev–Trinajstić information content (AvgIpc) is 2.13. The first-order valence-electron chi connectivity index (χ1n) is 3.77. The second kappa shape index (κ2) is 4.15. The molecule has 0 atom stereocenters. The van der Waals surface area contributed by atoms with Crippen LogP contribution in [0.25, 0.3) is 0 Å². The first-order chi connectivity index (χ1) is 6.57. The summed E-state index contributed by atoms with van der Waals surface area (Å²) in [4.78, 5) is 10.4. The van der Waals surface area contributed by atoms with Crippen LogP contribution >= 0.6 is 0 Å². The van der Waals surface area contributed by atoms with Gasteiger partial charge in [0, 0.05) is 12.7 Å². The second-order valence-corrected chi connectivity index (χ2v) is 2.64. The molecule has 0 bridgehead atoms. The molecule has 0 saturated heterocycles. The quantitative estimate of drug-likeness (QED) is 0.813. The number of hydrogen-bond acceptors (Lipinski definition) is 2. The molecule has 1 aromatic rings. The molecule has 1 aromatic carbocycles. The lowest BCUT2D eigenvalue weighted by Gasteiger charge is -2.04. The van der Waals surface area contributed by atoms with Crippen molar-refractivity contribution >= 4 is 5.97 Å². The van der Waals surface area contributed by atoms with Crippen LogP contribution in [0.2, 0.25) is 0 Å². The summed E-state index contributed by atoms with van der Waals surface area (Å²) < 4.78 is 30.7. The third-order valence-corrected chi connectivity index (χ3v) is 1.69. The molecule has 0 aromatic heterocycles. The maximum Gasteiger partial charge on any atom is 0.338 e. The minimum absolute atomic E-state index is 0.00463. The number of rotatable bonds is 3. The molecule has 0 heterocycles. The number of aromatic carboxylic acids is 1. The lowest BCUT2D eigenvalue weighted by molar-refractivity contribution is 0.0690. The minimum atomic E-state index is -1.50. The van der Waals surface area contributed by atoms with E-state index in [1.165, 1.54) is 13.2 Å². The van der Waals surface area contributed by atoms with Crippen LogP contribution in [-0.4, -0.2) is 18.2 Å². The standard InChI is InChI=1S/C9H8F2O3/c1-14-4-5-2-3-6(9(12)13)8(11)7(5)10/h2-3H,4H2,1H3,(H,12,13). The SMILES string of the molecule is COCc1ccc(C(=O)O)c(F)c1F. The van der Waals surface area contributed by atoms with Gasteiger partial charge in [0.2, 0.25) is 0 Å². The molecule has 0 aliphatic carbocycles. The molecule has 0 aliphatic rings. The Morgan fingerprint density at radius 3 is 2.57 bits per heavy atom. The zero-order valence-electron chi connectivity index (χ0n) is 7.38. The topological polar surface area (TPSA) is 46.5 Å². The van der Waals surface area contributed by atoms with Gasteiger partial charge in [-0.1, -0.05) is 6.07 Å². The molecule has 0 radical (unpaired) electrons. The van der Waals surface area contributed by atoms with E-state index in [1.54, 1.807) is 0 Å². The Kier molecular flexibility index (Phi) is 3.14. The van der Waals surface area contributed by atoms with Gasteiger partial charge in [0.05, 0.1) is 12.2 Å². The molecule has 0 spiro atoms. The van der Waals surface area contributed by atoms with Crippen molar-refractivity contribution in [2.75, 3.05) is 7.11 Å². The van der Waals surface area contributed by atoms with E-state index in [4.69, 9.17) is 5.11 Å². The van der Waals surface area contributed by atoms with Crippen molar-refractivity contribution in [3.63, 3.8) is 0 Å². The molecule has 1 rings (SSSR count). The van der Waals surface area contributed by atoms with Crippen LogP contribution in [0.3, 0.4) is 0 Å². The van der Waals surface area contributed by atoms with Crippen LogP contribution in [0.4, 0.5) is 8.78 Å². The van der Waals surface area contributed by atoms with E-state index < -0.39 is 23.2 Å². The van der Waals surface area contributed by atoms with Gasteiger partial charge >= 0.3 is 5.97 Å². The third kappa shape index (κ3) is 1.88. The highest BCUT2D eigenvalue weighted by molar-refractivity contribution is 5.87. The molecule has 1 N–H and O–H groups in total. The van der Waals surface area contributed by atoms with Crippen LogP contribution in [0.15, 0.2) is 12.1 Å². The third-order valence-electron chi connectivity index (χ3n) is 1.69. The Morgan fingerprint density at radius 2 is 2.07 bits per heavy atom. The van der Waals surface area contributed by atoms with Crippen molar-refractivity contribution in [3.05, 3.63) is 34.9 Å². The fourth-order valence-corrected chi connectivity index (χ4v) is 1.02. The summed E-state index contributed by atoms with van der Waals surface area (Å²) in [5, 5.41) is 8.47. The highest BCUT2D eigenvalue weighted by Crippen LogP contribution is 2.16. The number of methoxy groups -OCH3 is 1. The predicted molar refractivity (Wildman–Crippen MR) is 44.0 cm³/mol. The summed E-state index contributed by atoms with van der Waals surface area (Å²) in [7, 11) is 1.34. The zero-order chi connectivity index (χ0) is 10.7. The highest BCUT2D eigenvalue weighted by Gasteiger charge is 2.17. The van der Waals surface area contributed by atoms with Crippen LogP contribution in [0.1, 0.15) is 15.9 Å². The molecule has 76 valence electrons. The Morgan fingerprint density at radius 1 is 1.43 bits per heavy atom. The lowest BCUT2D eigenvalue weighted by atomic mass is 10.1. The summed E-state index contributed by atoms with van der Waals surface area (Å²) in [6, 6.07) is 2.19. The van der Waals surface area contributed by atoms with E-state index in [0.29, 0.717) is 0 Å². The maximum atomic E-state index is 13.1. The number of benzene rings is 1. The first-order valence-corrected chi connectivity index (χ1v) is 3.77. The highest BCUT2D eigenvalue weighted by atomic mass is 19.2. The summed E-state index contributed by atoms with van der Waals surface area (Å²) in [5.41, 5.74) is -0.683. The molecule has 14 heavy (non-hydrogen) atoms. The Hall–Kier alpha value is -1.49. The molecule has 0 fully saturated rings.